The quantitative estimate of drug-likeness (QED) is 0.463. The lowest BCUT2D eigenvalue weighted by Crippen LogP contribution is -2.43. The van der Waals surface area contributed by atoms with Gasteiger partial charge in [-0.3, -0.25) is 19.6 Å². The third-order valence-corrected chi connectivity index (χ3v) is 3.06. The maximum atomic E-state index is 2.54. The molecule has 0 aromatic carbocycles. The molecule has 3 heterocycles. The molecule has 0 unspecified atom stereocenters. The summed E-state index contributed by atoms with van der Waals surface area (Å²) in [7, 11) is 0. The van der Waals surface area contributed by atoms with Gasteiger partial charge in [-0.2, -0.15) is 0 Å². The Kier molecular flexibility index (Phi) is 1.61. The number of hydrogen-bond donors (Lipinski definition) is 0. The molecule has 4 nitrogen and oxygen atoms in total. The van der Waals surface area contributed by atoms with Gasteiger partial charge in [-0.25, -0.2) is 0 Å². The molecule has 3 fully saturated rings. The Hall–Kier alpha value is -0.160. The molecule has 0 aromatic rings. The van der Waals surface area contributed by atoms with E-state index in [-0.39, 0.29) is 0 Å². The van der Waals surface area contributed by atoms with Crippen LogP contribution in [-0.2, 0) is 0 Å². The van der Waals surface area contributed by atoms with E-state index < -0.39 is 0 Å². The van der Waals surface area contributed by atoms with E-state index in [2.05, 4.69) is 19.6 Å². The van der Waals surface area contributed by atoms with E-state index in [9.17, 15) is 0 Å². The SMILES string of the molecule is C1CN2CN1CN1CCN(C1)C2. The summed E-state index contributed by atoms with van der Waals surface area (Å²) in [5.41, 5.74) is 0. The third-order valence-electron chi connectivity index (χ3n) is 3.06. The predicted octanol–water partition coefficient (Wildman–Crippen LogP) is -0.935. The van der Waals surface area contributed by atoms with Crippen LogP contribution in [0, 0.1) is 0 Å². The molecular weight excluding hydrogens is 152 g/mol. The maximum absolute atomic E-state index is 2.54. The Labute approximate surface area is 73.3 Å². The monoisotopic (exact) mass is 168 g/mol. The molecule has 0 aromatic heterocycles. The zero-order chi connectivity index (χ0) is 7.97. The van der Waals surface area contributed by atoms with Crippen molar-refractivity contribution in [3.8, 4) is 0 Å². The van der Waals surface area contributed by atoms with Crippen molar-refractivity contribution in [1.29, 1.82) is 0 Å². The van der Waals surface area contributed by atoms with E-state index in [1.165, 1.54) is 52.9 Å². The molecule has 0 atom stereocenters. The Morgan fingerprint density at radius 2 is 0.667 bits per heavy atom. The number of rotatable bonds is 0. The zero-order valence-corrected chi connectivity index (χ0v) is 7.45. The summed E-state index contributed by atoms with van der Waals surface area (Å²) in [6, 6.07) is 0. The van der Waals surface area contributed by atoms with Crippen LogP contribution >= 0.6 is 0 Å². The van der Waals surface area contributed by atoms with Crippen molar-refractivity contribution >= 4 is 0 Å². The molecule has 4 bridgehead atoms. The highest BCUT2D eigenvalue weighted by atomic mass is 15.5. The molecule has 3 aliphatic heterocycles. The number of nitrogens with zero attached hydrogens (tertiary/aromatic N) is 4. The molecule has 68 valence electrons. The molecule has 0 aliphatic carbocycles. The first kappa shape index (κ1) is 7.26. The molecule has 3 saturated heterocycles. The van der Waals surface area contributed by atoms with Crippen LogP contribution in [0.15, 0.2) is 0 Å². The van der Waals surface area contributed by atoms with E-state index in [1.807, 2.05) is 0 Å². The van der Waals surface area contributed by atoms with Crippen LogP contribution in [0.25, 0.3) is 0 Å². The average molecular weight is 168 g/mol. The lowest BCUT2D eigenvalue weighted by atomic mass is 10.5. The maximum Gasteiger partial charge on any atom is 0.0531 e. The van der Waals surface area contributed by atoms with Gasteiger partial charge in [0.25, 0.3) is 0 Å². The molecule has 0 saturated carbocycles. The van der Waals surface area contributed by atoms with Gasteiger partial charge < -0.3 is 0 Å². The Bertz CT molecular complexity index is 148. The van der Waals surface area contributed by atoms with Crippen LogP contribution in [0.1, 0.15) is 0 Å². The molecule has 0 spiro atoms. The van der Waals surface area contributed by atoms with Crippen molar-refractivity contribution in [3.05, 3.63) is 0 Å². The Morgan fingerprint density at radius 1 is 0.417 bits per heavy atom. The normalized spacial score (nSPS) is 52.0. The van der Waals surface area contributed by atoms with Gasteiger partial charge in [0, 0.05) is 26.2 Å². The van der Waals surface area contributed by atoms with Crippen molar-refractivity contribution in [2.75, 3.05) is 52.9 Å². The highest BCUT2D eigenvalue weighted by Gasteiger charge is 2.30. The van der Waals surface area contributed by atoms with Crippen LogP contribution in [-0.4, -0.2) is 72.5 Å². The van der Waals surface area contributed by atoms with Crippen molar-refractivity contribution in [3.63, 3.8) is 0 Å². The highest BCUT2D eigenvalue weighted by Crippen LogP contribution is 2.15. The number of hydrogen-bond acceptors (Lipinski definition) is 4. The summed E-state index contributed by atoms with van der Waals surface area (Å²) in [4.78, 5) is 10.2. The fourth-order valence-corrected chi connectivity index (χ4v) is 2.44. The van der Waals surface area contributed by atoms with Gasteiger partial charge in [0.2, 0.25) is 0 Å². The first-order chi connectivity index (χ1) is 5.90. The first-order valence-electron chi connectivity index (χ1n) is 4.79. The first-order valence-corrected chi connectivity index (χ1v) is 4.79. The standard InChI is InChI=1S/C8H16N4/c1-2-10-5-9(1)7-11-3-4-12(6-11)8-10/h1-8H2. The second-order valence-electron chi connectivity index (χ2n) is 4.14. The van der Waals surface area contributed by atoms with Crippen molar-refractivity contribution in [2.24, 2.45) is 0 Å². The fourth-order valence-electron chi connectivity index (χ4n) is 2.44. The molecular formula is C8H16N4. The largest absolute Gasteiger partial charge is 0.276 e. The van der Waals surface area contributed by atoms with E-state index in [1.54, 1.807) is 0 Å². The van der Waals surface area contributed by atoms with Crippen LogP contribution in [0.5, 0.6) is 0 Å². The summed E-state index contributed by atoms with van der Waals surface area (Å²) in [5.74, 6) is 0. The molecule has 3 aliphatic rings. The minimum Gasteiger partial charge on any atom is -0.276 e. The molecule has 0 radical (unpaired) electrons. The van der Waals surface area contributed by atoms with Gasteiger partial charge in [0.15, 0.2) is 0 Å². The number of fused-ring (bicyclic) bond motifs is 4. The van der Waals surface area contributed by atoms with E-state index in [0.29, 0.717) is 0 Å². The Morgan fingerprint density at radius 3 is 0.917 bits per heavy atom. The van der Waals surface area contributed by atoms with Crippen molar-refractivity contribution in [2.45, 2.75) is 0 Å². The molecule has 12 heavy (non-hydrogen) atoms. The predicted molar refractivity (Wildman–Crippen MR) is 46.3 cm³/mol. The summed E-state index contributed by atoms with van der Waals surface area (Å²) < 4.78 is 0. The molecule has 3 rings (SSSR count). The van der Waals surface area contributed by atoms with Crippen LogP contribution in [0.4, 0.5) is 0 Å². The van der Waals surface area contributed by atoms with Gasteiger partial charge in [0.1, 0.15) is 0 Å². The molecule has 0 N–H and O–H groups in total. The fraction of sp³-hybridized carbons (Fsp3) is 1.00. The lowest BCUT2D eigenvalue weighted by Gasteiger charge is -2.29. The highest BCUT2D eigenvalue weighted by molar-refractivity contribution is 4.79. The summed E-state index contributed by atoms with van der Waals surface area (Å²) in [6.45, 7) is 9.82. The Balaban J connectivity index is 1.78. The van der Waals surface area contributed by atoms with E-state index in [4.69, 9.17) is 0 Å². The molecule has 4 heteroatoms. The van der Waals surface area contributed by atoms with Crippen LogP contribution < -0.4 is 0 Å². The third kappa shape index (κ3) is 1.15. The van der Waals surface area contributed by atoms with Crippen LogP contribution in [0.3, 0.4) is 0 Å². The molecule has 0 amide bonds. The zero-order valence-electron chi connectivity index (χ0n) is 7.45. The van der Waals surface area contributed by atoms with Gasteiger partial charge in [-0.15, -0.1) is 0 Å². The van der Waals surface area contributed by atoms with Gasteiger partial charge >= 0.3 is 0 Å². The topological polar surface area (TPSA) is 13.0 Å². The minimum absolute atomic E-state index is 1.19. The van der Waals surface area contributed by atoms with Crippen molar-refractivity contribution in [1.82, 2.24) is 19.6 Å². The van der Waals surface area contributed by atoms with Gasteiger partial charge in [0.05, 0.1) is 26.7 Å². The summed E-state index contributed by atoms with van der Waals surface area (Å²) >= 11 is 0. The summed E-state index contributed by atoms with van der Waals surface area (Å²) in [5, 5.41) is 0. The second-order valence-corrected chi connectivity index (χ2v) is 4.14. The van der Waals surface area contributed by atoms with E-state index >= 15 is 0 Å². The van der Waals surface area contributed by atoms with Gasteiger partial charge in [-0.1, -0.05) is 0 Å². The van der Waals surface area contributed by atoms with Crippen LogP contribution in [0.2, 0.25) is 0 Å². The second kappa shape index (κ2) is 2.67. The minimum atomic E-state index is 1.19. The van der Waals surface area contributed by atoms with Crippen molar-refractivity contribution < 1.29 is 0 Å². The smallest absolute Gasteiger partial charge is 0.0531 e. The lowest BCUT2D eigenvalue weighted by molar-refractivity contribution is 0.0752. The van der Waals surface area contributed by atoms with Gasteiger partial charge in [-0.05, 0) is 0 Å². The summed E-state index contributed by atoms with van der Waals surface area (Å²) in [6.07, 6.45) is 0. The average Bonchev–Trinajstić information content (AvgIpc) is 2.61. The van der Waals surface area contributed by atoms with E-state index in [0.717, 1.165) is 0 Å².